The van der Waals surface area contributed by atoms with E-state index in [1.165, 1.54) is 4.53 Å². The summed E-state index contributed by atoms with van der Waals surface area (Å²) in [5.74, 6) is 0.504. The van der Waals surface area contributed by atoms with Crippen molar-refractivity contribution in [3.05, 3.63) is 27.0 Å². The normalized spacial score (nSPS) is 20.7. The molecule has 0 saturated carbocycles. The first-order valence-corrected chi connectivity index (χ1v) is 4.91. The highest BCUT2D eigenvalue weighted by molar-refractivity contribution is 7.09. The summed E-state index contributed by atoms with van der Waals surface area (Å²) in [6.45, 7) is 4.23. The van der Waals surface area contributed by atoms with Crippen LogP contribution in [0.15, 0.2) is 12.2 Å². The average Bonchev–Trinajstić information content (AvgIpc) is 2.23. The van der Waals surface area contributed by atoms with Gasteiger partial charge in [0.05, 0.1) is 14.9 Å². The molecule has 2 heteroatoms. The maximum Gasteiger partial charge on any atom is 0.0907 e. The Balaban J connectivity index is 2.74. The fourth-order valence-corrected chi connectivity index (χ4v) is 2.15. The molecule has 0 aromatic carbocycles. The van der Waals surface area contributed by atoms with Gasteiger partial charge in [0.1, 0.15) is 0 Å². The van der Waals surface area contributed by atoms with Crippen molar-refractivity contribution >= 4 is 23.5 Å². The molecule has 1 aromatic rings. The Kier molecular flexibility index (Phi) is 1.85. The quantitative estimate of drug-likeness (QED) is 0.580. The van der Waals surface area contributed by atoms with Crippen molar-refractivity contribution in [1.29, 1.82) is 0 Å². The lowest BCUT2D eigenvalue weighted by Gasteiger charge is -1.91. The van der Waals surface area contributed by atoms with Gasteiger partial charge in [-0.15, -0.1) is 11.3 Å². The molecule has 12 heavy (non-hydrogen) atoms. The number of thiazole rings is 1. The zero-order valence-electron chi connectivity index (χ0n) is 7.24. The van der Waals surface area contributed by atoms with Crippen LogP contribution in [0.3, 0.4) is 0 Å². The molecule has 1 aliphatic rings. The third-order valence-electron chi connectivity index (χ3n) is 1.87. The molecule has 0 N–H and O–H groups in total. The van der Waals surface area contributed by atoms with Crippen LogP contribution in [-0.4, -0.2) is 4.98 Å². The molecule has 0 radical (unpaired) electrons. The molecule has 0 aliphatic heterocycles. The lowest BCUT2D eigenvalue weighted by Crippen LogP contribution is -2.20. The fourth-order valence-electron chi connectivity index (χ4n) is 1.32. The number of aromatic nitrogens is 1. The molecular weight excluding hydrogens is 166 g/mol. The van der Waals surface area contributed by atoms with Gasteiger partial charge in [0.25, 0.3) is 0 Å². The van der Waals surface area contributed by atoms with Crippen LogP contribution in [0.25, 0.3) is 12.2 Å². The minimum atomic E-state index is 0.504. The van der Waals surface area contributed by atoms with Gasteiger partial charge in [0, 0.05) is 0 Å². The molecule has 0 spiro atoms. The largest absolute Gasteiger partial charge is 0.242 e. The third kappa shape index (κ3) is 1.34. The highest BCUT2D eigenvalue weighted by atomic mass is 32.1. The van der Waals surface area contributed by atoms with Gasteiger partial charge < -0.3 is 0 Å². The Bertz CT molecular complexity index is 425. The smallest absolute Gasteiger partial charge is 0.0907 e. The Morgan fingerprint density at radius 2 is 2.33 bits per heavy atom. The van der Waals surface area contributed by atoms with Crippen molar-refractivity contribution in [2.75, 3.05) is 0 Å². The van der Waals surface area contributed by atoms with E-state index >= 15 is 0 Å². The Morgan fingerprint density at radius 1 is 1.50 bits per heavy atom. The summed E-state index contributed by atoms with van der Waals surface area (Å²) in [4.78, 5) is 4.45. The molecule has 62 valence electrons. The predicted molar refractivity (Wildman–Crippen MR) is 53.3 cm³/mol. The van der Waals surface area contributed by atoms with Crippen LogP contribution in [-0.2, 0) is 0 Å². The standard InChI is InChI=1S/C10H11NS/c1-7-4-3-5-10-9(6-7)11-8(2)12-10/h3-7H,1-2H3. The summed E-state index contributed by atoms with van der Waals surface area (Å²) < 4.78 is 1.29. The van der Waals surface area contributed by atoms with Gasteiger partial charge in [0.2, 0.25) is 0 Å². The van der Waals surface area contributed by atoms with E-state index in [1.807, 2.05) is 0 Å². The summed E-state index contributed by atoms with van der Waals surface area (Å²) in [7, 11) is 0. The van der Waals surface area contributed by atoms with Gasteiger partial charge in [-0.3, -0.25) is 0 Å². The Hall–Kier alpha value is -0.890. The number of aryl methyl sites for hydroxylation is 1. The molecule has 1 aliphatic carbocycles. The Morgan fingerprint density at radius 3 is 3.17 bits per heavy atom. The van der Waals surface area contributed by atoms with E-state index in [2.05, 4.69) is 43.1 Å². The number of hydrogen-bond donors (Lipinski definition) is 0. The van der Waals surface area contributed by atoms with E-state index in [0.29, 0.717) is 5.92 Å². The van der Waals surface area contributed by atoms with Gasteiger partial charge in [-0.1, -0.05) is 25.2 Å². The Labute approximate surface area is 75.8 Å². The summed E-state index contributed by atoms with van der Waals surface area (Å²) in [5.41, 5.74) is 0. The molecule has 2 rings (SSSR count). The number of allylic oxidation sites excluding steroid dienone is 2. The maximum absolute atomic E-state index is 4.45. The molecule has 1 nitrogen and oxygen atoms in total. The molecule has 1 unspecified atom stereocenters. The topological polar surface area (TPSA) is 12.9 Å². The van der Waals surface area contributed by atoms with Crippen LogP contribution in [0.5, 0.6) is 0 Å². The molecule has 1 atom stereocenters. The molecule has 0 bridgehead atoms. The van der Waals surface area contributed by atoms with Crippen LogP contribution in [0, 0.1) is 12.8 Å². The van der Waals surface area contributed by atoms with E-state index in [0.717, 1.165) is 10.4 Å². The molecule has 1 aromatic heterocycles. The van der Waals surface area contributed by atoms with E-state index in [1.54, 1.807) is 11.3 Å². The van der Waals surface area contributed by atoms with Gasteiger partial charge in [-0.05, 0) is 18.9 Å². The van der Waals surface area contributed by atoms with Gasteiger partial charge in [0.15, 0.2) is 0 Å². The van der Waals surface area contributed by atoms with Crippen molar-refractivity contribution in [2.24, 2.45) is 5.92 Å². The van der Waals surface area contributed by atoms with E-state index in [4.69, 9.17) is 0 Å². The van der Waals surface area contributed by atoms with Gasteiger partial charge >= 0.3 is 0 Å². The summed E-state index contributed by atoms with van der Waals surface area (Å²) in [5, 5.41) is 2.30. The third-order valence-corrected chi connectivity index (χ3v) is 2.82. The fraction of sp³-hybridized carbons (Fsp3) is 0.300. The zero-order valence-corrected chi connectivity index (χ0v) is 8.06. The highest BCUT2D eigenvalue weighted by Crippen LogP contribution is 2.01. The molecule has 0 fully saturated rings. The lowest BCUT2D eigenvalue weighted by molar-refractivity contribution is 0.990. The second kappa shape index (κ2) is 2.87. The average molecular weight is 177 g/mol. The minimum absolute atomic E-state index is 0.504. The van der Waals surface area contributed by atoms with E-state index in [9.17, 15) is 0 Å². The van der Waals surface area contributed by atoms with E-state index < -0.39 is 0 Å². The SMILES string of the molecule is Cc1nc2c(s1)=CC=CC(C)C=2. The predicted octanol–water partition coefficient (Wildman–Crippen LogP) is 1.22. The van der Waals surface area contributed by atoms with Gasteiger partial charge in [-0.2, -0.15) is 0 Å². The lowest BCUT2D eigenvalue weighted by atomic mass is 10.2. The second-order valence-electron chi connectivity index (χ2n) is 3.06. The second-order valence-corrected chi connectivity index (χ2v) is 4.29. The highest BCUT2D eigenvalue weighted by Gasteiger charge is 1.98. The van der Waals surface area contributed by atoms with Crippen LogP contribution < -0.4 is 9.88 Å². The van der Waals surface area contributed by atoms with Gasteiger partial charge in [-0.25, -0.2) is 4.98 Å². The number of rotatable bonds is 0. The summed E-state index contributed by atoms with van der Waals surface area (Å²) >= 11 is 1.76. The maximum atomic E-state index is 4.45. The molecule has 0 amide bonds. The van der Waals surface area contributed by atoms with Crippen molar-refractivity contribution in [2.45, 2.75) is 13.8 Å². The first-order chi connectivity index (χ1) is 5.75. The monoisotopic (exact) mass is 177 g/mol. The van der Waals surface area contributed by atoms with Crippen LogP contribution in [0.4, 0.5) is 0 Å². The first-order valence-electron chi connectivity index (χ1n) is 4.09. The number of hydrogen-bond acceptors (Lipinski definition) is 2. The summed E-state index contributed by atoms with van der Waals surface area (Å²) in [6, 6.07) is 0. The molecule has 0 saturated heterocycles. The van der Waals surface area contributed by atoms with E-state index in [-0.39, 0.29) is 0 Å². The summed E-state index contributed by atoms with van der Waals surface area (Å²) in [6.07, 6.45) is 8.65. The number of fused-ring (bicyclic) bond motifs is 1. The van der Waals surface area contributed by atoms with Crippen molar-refractivity contribution in [3.63, 3.8) is 0 Å². The molecule has 1 heterocycles. The minimum Gasteiger partial charge on any atom is -0.242 e. The van der Waals surface area contributed by atoms with Crippen molar-refractivity contribution in [3.8, 4) is 0 Å². The van der Waals surface area contributed by atoms with Crippen LogP contribution in [0.2, 0.25) is 0 Å². The first kappa shape index (κ1) is 7.74. The van der Waals surface area contributed by atoms with Crippen LogP contribution in [0.1, 0.15) is 11.9 Å². The number of nitrogens with zero attached hydrogens (tertiary/aromatic N) is 1. The molecular formula is C10H11NS. The van der Waals surface area contributed by atoms with Crippen molar-refractivity contribution in [1.82, 2.24) is 4.98 Å². The van der Waals surface area contributed by atoms with Crippen molar-refractivity contribution < 1.29 is 0 Å². The van der Waals surface area contributed by atoms with Crippen LogP contribution >= 0.6 is 11.3 Å². The zero-order chi connectivity index (χ0) is 8.55.